The third kappa shape index (κ3) is 3.72. The predicted octanol–water partition coefficient (Wildman–Crippen LogP) is 2.35. The standard InChI is InChI=1S/C19H25NO5/c1-24-14-9-13(10-15(11-14)25-2)3-4-17(21)20-7-5-19(6-8-20)12-16(19)18(22)23/h9-11,16H,3-8,12H2,1-2H3,(H,22,23). The molecular formula is C19H25NO5. The van der Waals surface area contributed by atoms with Gasteiger partial charge in [0.25, 0.3) is 0 Å². The summed E-state index contributed by atoms with van der Waals surface area (Å²) in [7, 11) is 3.21. The molecule has 6 nitrogen and oxygen atoms in total. The van der Waals surface area contributed by atoms with Gasteiger partial charge in [-0.25, -0.2) is 0 Å². The Kier molecular flexibility index (Phi) is 4.88. The molecule has 0 aromatic heterocycles. The summed E-state index contributed by atoms with van der Waals surface area (Å²) in [5.74, 6) is 0.676. The van der Waals surface area contributed by atoms with E-state index in [0.29, 0.717) is 25.9 Å². The van der Waals surface area contributed by atoms with Gasteiger partial charge in [0.1, 0.15) is 11.5 Å². The van der Waals surface area contributed by atoms with Crippen molar-refractivity contribution in [1.29, 1.82) is 0 Å². The lowest BCUT2D eigenvalue weighted by Crippen LogP contribution is -2.40. The number of hydrogen-bond donors (Lipinski definition) is 1. The van der Waals surface area contributed by atoms with Crippen molar-refractivity contribution in [3.05, 3.63) is 23.8 Å². The molecule has 1 saturated heterocycles. The summed E-state index contributed by atoms with van der Waals surface area (Å²) >= 11 is 0. The molecule has 1 aliphatic carbocycles. The minimum Gasteiger partial charge on any atom is -0.497 e. The van der Waals surface area contributed by atoms with Gasteiger partial charge < -0.3 is 19.5 Å². The molecule has 6 heteroatoms. The molecule has 1 aromatic carbocycles. The molecule has 25 heavy (non-hydrogen) atoms. The molecule has 1 amide bonds. The van der Waals surface area contributed by atoms with E-state index in [2.05, 4.69) is 0 Å². The highest BCUT2D eigenvalue weighted by Gasteiger charge is 2.59. The highest BCUT2D eigenvalue weighted by atomic mass is 16.5. The Bertz CT molecular complexity index is 642. The number of carbonyl (C=O) groups excluding carboxylic acids is 1. The van der Waals surface area contributed by atoms with Crippen molar-refractivity contribution in [2.45, 2.75) is 32.1 Å². The second kappa shape index (κ2) is 6.94. The van der Waals surface area contributed by atoms with Crippen molar-refractivity contribution in [3.63, 3.8) is 0 Å². The lowest BCUT2D eigenvalue weighted by molar-refractivity contribution is -0.139. The highest BCUT2D eigenvalue weighted by molar-refractivity contribution is 5.77. The number of hydrogen-bond acceptors (Lipinski definition) is 4. The Morgan fingerprint density at radius 2 is 1.76 bits per heavy atom. The summed E-state index contributed by atoms with van der Waals surface area (Å²) in [6.07, 6.45) is 3.46. The van der Waals surface area contributed by atoms with E-state index in [4.69, 9.17) is 14.6 Å². The van der Waals surface area contributed by atoms with Gasteiger partial charge >= 0.3 is 5.97 Å². The third-order valence-electron chi connectivity index (χ3n) is 5.64. The molecule has 0 bridgehead atoms. The van der Waals surface area contributed by atoms with E-state index in [9.17, 15) is 9.59 Å². The maximum absolute atomic E-state index is 12.5. The Balaban J connectivity index is 1.51. The van der Waals surface area contributed by atoms with Crippen LogP contribution in [0.5, 0.6) is 11.5 Å². The largest absolute Gasteiger partial charge is 0.497 e. The second-order valence-corrected chi connectivity index (χ2v) is 7.06. The first-order valence-corrected chi connectivity index (χ1v) is 8.70. The molecule has 1 atom stereocenters. The van der Waals surface area contributed by atoms with Crippen LogP contribution >= 0.6 is 0 Å². The Hall–Kier alpha value is -2.24. The van der Waals surface area contributed by atoms with Gasteiger partial charge in [-0.3, -0.25) is 9.59 Å². The molecule has 1 spiro atoms. The van der Waals surface area contributed by atoms with E-state index in [0.717, 1.165) is 36.3 Å². The summed E-state index contributed by atoms with van der Waals surface area (Å²) in [6, 6.07) is 5.65. The maximum atomic E-state index is 12.5. The number of likely N-dealkylation sites (tertiary alicyclic amines) is 1. The molecule has 2 fully saturated rings. The van der Waals surface area contributed by atoms with E-state index in [-0.39, 0.29) is 17.2 Å². The predicted molar refractivity (Wildman–Crippen MR) is 91.9 cm³/mol. The number of aryl methyl sites for hydroxylation is 1. The zero-order valence-corrected chi connectivity index (χ0v) is 14.8. The first-order chi connectivity index (χ1) is 12.0. The molecule has 2 aliphatic rings. The monoisotopic (exact) mass is 347 g/mol. The lowest BCUT2D eigenvalue weighted by Gasteiger charge is -2.32. The second-order valence-electron chi connectivity index (χ2n) is 7.06. The number of carboxylic acid groups (broad SMARTS) is 1. The van der Waals surface area contributed by atoms with E-state index >= 15 is 0 Å². The first-order valence-electron chi connectivity index (χ1n) is 8.70. The van der Waals surface area contributed by atoms with E-state index in [1.54, 1.807) is 14.2 Å². The number of methoxy groups -OCH3 is 2. The van der Waals surface area contributed by atoms with Crippen LogP contribution < -0.4 is 9.47 Å². The summed E-state index contributed by atoms with van der Waals surface area (Å²) in [5, 5.41) is 9.14. The minimum absolute atomic E-state index is 0.0389. The molecule has 1 N–H and O–H groups in total. The number of amides is 1. The minimum atomic E-state index is -0.688. The van der Waals surface area contributed by atoms with E-state index in [1.165, 1.54) is 0 Å². The number of benzene rings is 1. The smallest absolute Gasteiger partial charge is 0.307 e. The Morgan fingerprint density at radius 1 is 1.16 bits per heavy atom. The quantitative estimate of drug-likeness (QED) is 0.855. The fourth-order valence-corrected chi connectivity index (χ4v) is 3.87. The molecule has 1 aromatic rings. The topological polar surface area (TPSA) is 76.1 Å². The average molecular weight is 347 g/mol. The van der Waals surface area contributed by atoms with Crippen LogP contribution in [0.4, 0.5) is 0 Å². The molecule has 3 rings (SSSR count). The molecular weight excluding hydrogens is 322 g/mol. The average Bonchev–Trinajstić information content (AvgIpc) is 3.33. The van der Waals surface area contributed by atoms with Crippen molar-refractivity contribution in [2.24, 2.45) is 11.3 Å². The van der Waals surface area contributed by atoms with Crippen LogP contribution in [0.2, 0.25) is 0 Å². The van der Waals surface area contributed by atoms with Crippen molar-refractivity contribution >= 4 is 11.9 Å². The van der Waals surface area contributed by atoms with Crippen molar-refractivity contribution in [3.8, 4) is 11.5 Å². The van der Waals surface area contributed by atoms with Crippen LogP contribution in [0.15, 0.2) is 18.2 Å². The molecule has 1 heterocycles. The fraction of sp³-hybridized carbons (Fsp3) is 0.579. The number of ether oxygens (including phenoxy) is 2. The van der Waals surface area contributed by atoms with Crippen LogP contribution in [0.3, 0.4) is 0 Å². The molecule has 0 radical (unpaired) electrons. The van der Waals surface area contributed by atoms with Gasteiger partial charge in [0.15, 0.2) is 0 Å². The van der Waals surface area contributed by atoms with E-state index < -0.39 is 5.97 Å². The normalized spacial score (nSPS) is 21.0. The van der Waals surface area contributed by atoms with Gasteiger partial charge in [-0.15, -0.1) is 0 Å². The first kappa shape index (κ1) is 17.6. The summed E-state index contributed by atoms with van der Waals surface area (Å²) in [4.78, 5) is 25.5. The zero-order valence-electron chi connectivity index (χ0n) is 14.8. The van der Waals surface area contributed by atoms with Crippen LogP contribution in [-0.2, 0) is 16.0 Å². The van der Waals surface area contributed by atoms with Crippen molar-refractivity contribution in [2.75, 3.05) is 27.3 Å². The molecule has 136 valence electrons. The van der Waals surface area contributed by atoms with Gasteiger partial charge in [-0.05, 0) is 48.8 Å². The van der Waals surface area contributed by atoms with Crippen molar-refractivity contribution < 1.29 is 24.2 Å². The number of nitrogens with zero attached hydrogens (tertiary/aromatic N) is 1. The summed E-state index contributed by atoms with van der Waals surface area (Å²) < 4.78 is 10.5. The highest BCUT2D eigenvalue weighted by Crippen LogP contribution is 2.59. The van der Waals surface area contributed by atoms with Crippen LogP contribution in [0.1, 0.15) is 31.2 Å². The summed E-state index contributed by atoms with van der Waals surface area (Å²) in [6.45, 7) is 1.34. The van der Waals surface area contributed by atoms with Gasteiger partial charge in [-0.2, -0.15) is 0 Å². The van der Waals surface area contributed by atoms with Crippen LogP contribution in [0, 0.1) is 11.3 Å². The number of carbonyl (C=O) groups is 2. The van der Waals surface area contributed by atoms with Gasteiger partial charge in [0, 0.05) is 25.6 Å². The van der Waals surface area contributed by atoms with E-state index in [1.807, 2.05) is 23.1 Å². The lowest BCUT2D eigenvalue weighted by atomic mass is 9.90. The number of carboxylic acids is 1. The fourth-order valence-electron chi connectivity index (χ4n) is 3.87. The molecule has 1 saturated carbocycles. The number of aliphatic carboxylic acids is 1. The Morgan fingerprint density at radius 3 is 2.24 bits per heavy atom. The number of piperidine rings is 1. The summed E-state index contributed by atoms with van der Waals surface area (Å²) in [5.41, 5.74) is 0.967. The van der Waals surface area contributed by atoms with Gasteiger partial charge in [-0.1, -0.05) is 0 Å². The van der Waals surface area contributed by atoms with Crippen molar-refractivity contribution in [1.82, 2.24) is 4.90 Å². The van der Waals surface area contributed by atoms with Gasteiger partial charge in [0.2, 0.25) is 5.91 Å². The molecule has 1 aliphatic heterocycles. The zero-order chi connectivity index (χ0) is 18.0. The van der Waals surface area contributed by atoms with Crippen LogP contribution in [0.25, 0.3) is 0 Å². The van der Waals surface area contributed by atoms with Gasteiger partial charge in [0.05, 0.1) is 20.1 Å². The maximum Gasteiger partial charge on any atom is 0.307 e. The molecule has 1 unspecified atom stereocenters. The SMILES string of the molecule is COc1cc(CCC(=O)N2CCC3(CC2)CC3C(=O)O)cc(OC)c1. The Labute approximate surface area is 147 Å². The van der Waals surface area contributed by atoms with Crippen LogP contribution in [-0.4, -0.2) is 49.2 Å². The number of rotatable bonds is 6. The third-order valence-corrected chi connectivity index (χ3v) is 5.64.